The summed E-state index contributed by atoms with van der Waals surface area (Å²) in [6, 6.07) is 15.0. The molecule has 6 nitrogen and oxygen atoms in total. The van der Waals surface area contributed by atoms with Crippen LogP contribution in [0.1, 0.15) is 23.7 Å². The molecule has 0 aliphatic heterocycles. The fourth-order valence-electron chi connectivity index (χ4n) is 3.03. The van der Waals surface area contributed by atoms with Crippen LogP contribution in [0.3, 0.4) is 0 Å². The van der Waals surface area contributed by atoms with Crippen molar-refractivity contribution in [1.29, 1.82) is 0 Å². The summed E-state index contributed by atoms with van der Waals surface area (Å²) in [4.78, 5) is 25.6. The number of ether oxygens (including phenoxy) is 1. The molecule has 0 aliphatic rings. The van der Waals surface area contributed by atoms with Crippen molar-refractivity contribution < 1.29 is 9.53 Å². The van der Waals surface area contributed by atoms with Gasteiger partial charge in [-0.1, -0.05) is 30.3 Å². The fourth-order valence-corrected chi connectivity index (χ4v) is 3.03. The largest absolute Gasteiger partial charge is 0.481 e. The lowest BCUT2D eigenvalue weighted by Crippen LogP contribution is -2.32. The van der Waals surface area contributed by atoms with Crippen LogP contribution in [0.15, 0.2) is 53.3 Å². The molecule has 0 aliphatic carbocycles. The zero-order valence-electron chi connectivity index (χ0n) is 16.8. The van der Waals surface area contributed by atoms with Crippen molar-refractivity contribution in [2.75, 3.05) is 5.32 Å². The van der Waals surface area contributed by atoms with Gasteiger partial charge < -0.3 is 10.1 Å². The maximum Gasteiger partial charge on any atom is 0.295 e. The van der Waals surface area contributed by atoms with Gasteiger partial charge in [0.1, 0.15) is 11.4 Å². The summed E-state index contributed by atoms with van der Waals surface area (Å²) in [6.45, 7) is 7.42. The molecule has 0 saturated carbocycles. The summed E-state index contributed by atoms with van der Waals surface area (Å²) < 4.78 is 9.09. The van der Waals surface area contributed by atoms with E-state index < -0.39 is 6.10 Å². The Morgan fingerprint density at radius 1 is 1.04 bits per heavy atom. The van der Waals surface area contributed by atoms with Gasteiger partial charge in [0, 0.05) is 7.05 Å². The lowest BCUT2D eigenvalue weighted by atomic mass is 10.1. The second-order valence-corrected chi connectivity index (χ2v) is 6.88. The number of hydrogen-bond donors (Lipinski definition) is 1. The van der Waals surface area contributed by atoms with Crippen molar-refractivity contribution in [2.45, 2.75) is 33.8 Å². The number of anilines is 1. The van der Waals surface area contributed by atoms with E-state index in [9.17, 15) is 9.59 Å². The van der Waals surface area contributed by atoms with Crippen LogP contribution in [-0.4, -0.2) is 21.4 Å². The van der Waals surface area contributed by atoms with Crippen LogP contribution in [0.4, 0.5) is 5.69 Å². The highest BCUT2D eigenvalue weighted by atomic mass is 16.5. The van der Waals surface area contributed by atoms with E-state index in [0.29, 0.717) is 11.4 Å². The molecule has 28 heavy (non-hydrogen) atoms. The molecule has 1 N–H and O–H groups in total. The number of benzene rings is 2. The summed E-state index contributed by atoms with van der Waals surface area (Å²) in [5.41, 5.74) is 3.46. The summed E-state index contributed by atoms with van der Waals surface area (Å²) in [5.74, 6) is 0.293. The van der Waals surface area contributed by atoms with Crippen molar-refractivity contribution in [3.63, 3.8) is 0 Å². The number of amides is 1. The number of aryl methyl sites for hydroxylation is 1. The van der Waals surface area contributed by atoms with Gasteiger partial charge >= 0.3 is 0 Å². The normalized spacial score (nSPS) is 11.9. The predicted molar refractivity (Wildman–Crippen MR) is 110 cm³/mol. The minimum atomic E-state index is -0.746. The lowest BCUT2D eigenvalue weighted by molar-refractivity contribution is -0.122. The number of rotatable bonds is 5. The van der Waals surface area contributed by atoms with E-state index in [1.54, 1.807) is 25.6 Å². The Morgan fingerprint density at radius 2 is 1.71 bits per heavy atom. The van der Waals surface area contributed by atoms with Gasteiger partial charge in [-0.2, -0.15) is 0 Å². The second kappa shape index (κ2) is 7.76. The molecule has 0 fully saturated rings. The molecule has 3 aromatic rings. The van der Waals surface area contributed by atoms with Gasteiger partial charge in [0.05, 0.1) is 11.4 Å². The summed E-state index contributed by atoms with van der Waals surface area (Å²) in [7, 11) is 1.79. The monoisotopic (exact) mass is 379 g/mol. The molecular weight excluding hydrogens is 354 g/mol. The summed E-state index contributed by atoms with van der Waals surface area (Å²) >= 11 is 0. The van der Waals surface area contributed by atoms with Crippen LogP contribution in [0, 0.1) is 20.8 Å². The van der Waals surface area contributed by atoms with E-state index in [1.807, 2.05) is 62.4 Å². The molecule has 3 rings (SSSR count). The third kappa shape index (κ3) is 3.58. The number of para-hydroxylation sites is 1. The van der Waals surface area contributed by atoms with Crippen LogP contribution < -0.4 is 15.6 Å². The molecule has 2 aromatic carbocycles. The Morgan fingerprint density at radius 3 is 2.39 bits per heavy atom. The molecule has 1 aromatic heterocycles. The van der Waals surface area contributed by atoms with Crippen LogP contribution in [-0.2, 0) is 11.8 Å². The zero-order chi connectivity index (χ0) is 20.4. The molecule has 1 heterocycles. The van der Waals surface area contributed by atoms with Gasteiger partial charge in [-0.25, -0.2) is 4.68 Å². The van der Waals surface area contributed by atoms with Crippen LogP contribution >= 0.6 is 0 Å². The molecule has 0 unspecified atom stereocenters. The second-order valence-electron chi connectivity index (χ2n) is 6.88. The quantitative estimate of drug-likeness (QED) is 0.738. The number of carbonyl (C=O) groups is 1. The standard InChI is InChI=1S/C22H25N3O3/c1-14-10-9-13-19(15(14)2)28-17(4)21(26)23-20-16(3)24(5)25(22(20)27)18-11-7-6-8-12-18/h6-13,17H,1-5H3,(H,23,26)/t17-/m0/s1. The van der Waals surface area contributed by atoms with Crippen LogP contribution in [0.25, 0.3) is 5.69 Å². The Kier molecular flexibility index (Phi) is 5.40. The van der Waals surface area contributed by atoms with E-state index >= 15 is 0 Å². The van der Waals surface area contributed by atoms with Gasteiger partial charge in [-0.05, 0) is 57.0 Å². The summed E-state index contributed by atoms with van der Waals surface area (Å²) in [5, 5.41) is 2.75. The molecule has 0 saturated heterocycles. The van der Waals surface area contributed by atoms with Crippen molar-refractivity contribution in [2.24, 2.45) is 7.05 Å². The van der Waals surface area contributed by atoms with Crippen LogP contribution in [0.2, 0.25) is 0 Å². The van der Waals surface area contributed by atoms with Crippen molar-refractivity contribution in [1.82, 2.24) is 9.36 Å². The Hall–Kier alpha value is -3.28. The smallest absolute Gasteiger partial charge is 0.295 e. The van der Waals surface area contributed by atoms with Gasteiger partial charge in [0.25, 0.3) is 11.5 Å². The molecule has 1 amide bonds. The van der Waals surface area contributed by atoms with E-state index in [1.165, 1.54) is 4.68 Å². The summed E-state index contributed by atoms with van der Waals surface area (Å²) in [6.07, 6.45) is -0.746. The first kappa shape index (κ1) is 19.5. The number of carbonyl (C=O) groups excluding carboxylic acids is 1. The zero-order valence-corrected chi connectivity index (χ0v) is 16.8. The first-order valence-corrected chi connectivity index (χ1v) is 9.19. The molecular formula is C22H25N3O3. The van der Waals surface area contributed by atoms with E-state index in [2.05, 4.69) is 5.32 Å². The molecule has 146 valence electrons. The molecule has 6 heteroatoms. The highest BCUT2D eigenvalue weighted by Crippen LogP contribution is 2.22. The first-order valence-electron chi connectivity index (χ1n) is 9.19. The van der Waals surface area contributed by atoms with Crippen molar-refractivity contribution >= 4 is 11.6 Å². The molecule has 0 spiro atoms. The molecule has 0 radical (unpaired) electrons. The molecule has 0 bridgehead atoms. The van der Waals surface area contributed by atoms with Gasteiger partial charge in [0.15, 0.2) is 6.10 Å². The predicted octanol–water partition coefficient (Wildman–Crippen LogP) is 3.51. The van der Waals surface area contributed by atoms with Crippen LogP contribution in [0.5, 0.6) is 5.75 Å². The lowest BCUT2D eigenvalue weighted by Gasteiger charge is -2.16. The third-order valence-electron chi connectivity index (χ3n) is 5.03. The van der Waals surface area contributed by atoms with E-state index in [-0.39, 0.29) is 17.2 Å². The third-order valence-corrected chi connectivity index (χ3v) is 5.03. The van der Waals surface area contributed by atoms with Crippen molar-refractivity contribution in [3.8, 4) is 11.4 Å². The number of aromatic nitrogens is 2. The topological polar surface area (TPSA) is 65.3 Å². The fraction of sp³-hybridized carbons (Fsp3) is 0.273. The average molecular weight is 379 g/mol. The highest BCUT2D eigenvalue weighted by molar-refractivity contribution is 5.94. The highest BCUT2D eigenvalue weighted by Gasteiger charge is 2.22. The minimum absolute atomic E-state index is 0.257. The number of nitrogens with zero attached hydrogens (tertiary/aromatic N) is 2. The van der Waals surface area contributed by atoms with Gasteiger partial charge in [0.2, 0.25) is 0 Å². The Labute approximate surface area is 164 Å². The Bertz CT molecular complexity index is 1060. The Balaban J connectivity index is 1.85. The van der Waals surface area contributed by atoms with Gasteiger partial charge in [-0.3, -0.25) is 14.3 Å². The molecule has 1 atom stereocenters. The SMILES string of the molecule is Cc1cccc(O[C@@H](C)C(=O)Nc2c(C)n(C)n(-c3ccccc3)c2=O)c1C. The van der Waals surface area contributed by atoms with Gasteiger partial charge in [-0.15, -0.1) is 0 Å². The van der Waals surface area contributed by atoms with Crippen molar-refractivity contribution in [3.05, 3.63) is 75.7 Å². The number of hydrogen-bond acceptors (Lipinski definition) is 3. The first-order chi connectivity index (χ1) is 13.3. The number of nitrogens with one attached hydrogen (secondary N) is 1. The maximum atomic E-state index is 12.9. The maximum absolute atomic E-state index is 12.9. The van der Waals surface area contributed by atoms with E-state index in [4.69, 9.17) is 4.74 Å². The average Bonchev–Trinajstić information content (AvgIpc) is 2.89. The minimum Gasteiger partial charge on any atom is -0.481 e. The van der Waals surface area contributed by atoms with E-state index in [0.717, 1.165) is 16.8 Å².